The van der Waals surface area contributed by atoms with E-state index in [2.05, 4.69) is 26.0 Å². The number of amides is 2. The van der Waals surface area contributed by atoms with Crippen LogP contribution in [-0.2, 0) is 0 Å². The van der Waals surface area contributed by atoms with Crippen LogP contribution in [0.3, 0.4) is 0 Å². The van der Waals surface area contributed by atoms with E-state index in [4.69, 9.17) is 11.6 Å². The minimum absolute atomic E-state index is 0.382. The first-order valence-corrected chi connectivity index (χ1v) is 8.56. The monoisotopic (exact) mass is 371 g/mol. The summed E-state index contributed by atoms with van der Waals surface area (Å²) >= 11 is 7.12. The molecule has 0 aliphatic heterocycles. The summed E-state index contributed by atoms with van der Waals surface area (Å²) in [6, 6.07) is 14.5. The van der Waals surface area contributed by atoms with Gasteiger partial charge in [0, 0.05) is 10.6 Å². The number of benzene rings is 2. The van der Waals surface area contributed by atoms with Crippen LogP contribution >= 0.6 is 22.9 Å². The van der Waals surface area contributed by atoms with Gasteiger partial charge < -0.3 is 0 Å². The van der Waals surface area contributed by atoms with Gasteiger partial charge in [0.15, 0.2) is 0 Å². The summed E-state index contributed by atoms with van der Waals surface area (Å²) < 4.78 is 0. The third-order valence-corrected chi connectivity index (χ3v) is 4.33. The zero-order valence-electron chi connectivity index (χ0n) is 13.2. The molecule has 2 amide bonds. The number of aryl methyl sites for hydroxylation is 1. The lowest BCUT2D eigenvalue weighted by Crippen LogP contribution is -2.24. The van der Waals surface area contributed by atoms with Gasteiger partial charge in [0.05, 0.1) is 6.21 Å². The first-order chi connectivity index (χ1) is 12.1. The van der Waals surface area contributed by atoms with E-state index in [0.29, 0.717) is 15.2 Å². The minimum atomic E-state index is -0.484. The number of hydrogen-bond donors (Lipinski definition) is 2. The van der Waals surface area contributed by atoms with E-state index in [-0.39, 0.29) is 0 Å². The zero-order chi connectivity index (χ0) is 17.6. The maximum absolute atomic E-state index is 11.8. The topological polar surface area (TPSA) is 79.3 Å². The molecule has 0 saturated carbocycles. The predicted molar refractivity (Wildman–Crippen MR) is 101 cm³/mol. The fourth-order valence-electron chi connectivity index (χ4n) is 1.93. The highest BCUT2D eigenvalue weighted by atomic mass is 35.5. The number of nitrogens with one attached hydrogen (secondary N) is 2. The van der Waals surface area contributed by atoms with Gasteiger partial charge in [-0.25, -0.2) is 10.2 Å². The Morgan fingerprint density at radius 2 is 1.84 bits per heavy atom. The van der Waals surface area contributed by atoms with Crippen molar-refractivity contribution in [2.45, 2.75) is 6.92 Å². The van der Waals surface area contributed by atoms with E-state index in [1.165, 1.54) is 11.3 Å². The predicted octanol–water partition coefficient (Wildman–Crippen LogP) is 4.32. The van der Waals surface area contributed by atoms with Crippen molar-refractivity contribution in [1.82, 2.24) is 15.6 Å². The lowest BCUT2D eigenvalue weighted by atomic mass is 10.2. The second-order valence-corrected chi connectivity index (χ2v) is 6.57. The minimum Gasteiger partial charge on any atom is -0.281 e. The smallest absolute Gasteiger partial charge is 0.281 e. The molecule has 0 bridgehead atoms. The highest BCUT2D eigenvalue weighted by Gasteiger charge is 2.09. The Balaban J connectivity index is 1.56. The second-order valence-electron chi connectivity index (χ2n) is 5.15. The average Bonchev–Trinajstić information content (AvgIpc) is 3.06. The van der Waals surface area contributed by atoms with Gasteiger partial charge in [-0.05, 0) is 24.6 Å². The molecule has 126 valence electrons. The molecule has 25 heavy (non-hydrogen) atoms. The van der Waals surface area contributed by atoms with Gasteiger partial charge in [-0.3, -0.25) is 5.32 Å². The standard InChI is InChI=1S/C17H14ClN5OS/c1-11-2-4-12(5-3-11)10-19-22-16(24)20-17-23-21-15(25-17)13-6-8-14(18)9-7-13/h2-10H,1H3,(H2,20,22,23,24)/b19-10+. The van der Waals surface area contributed by atoms with Gasteiger partial charge in [-0.2, -0.15) is 5.10 Å². The Morgan fingerprint density at radius 1 is 1.12 bits per heavy atom. The van der Waals surface area contributed by atoms with Gasteiger partial charge >= 0.3 is 6.03 Å². The maximum Gasteiger partial charge on any atom is 0.341 e. The summed E-state index contributed by atoms with van der Waals surface area (Å²) in [7, 11) is 0. The molecule has 2 N–H and O–H groups in total. The molecular weight excluding hydrogens is 358 g/mol. The van der Waals surface area contributed by atoms with E-state index in [1.807, 2.05) is 43.3 Å². The molecule has 0 spiro atoms. The molecule has 0 fully saturated rings. The van der Waals surface area contributed by atoms with Crippen molar-refractivity contribution in [2.75, 3.05) is 5.32 Å². The van der Waals surface area contributed by atoms with Crippen molar-refractivity contribution in [3.05, 3.63) is 64.7 Å². The molecule has 1 heterocycles. The third-order valence-electron chi connectivity index (χ3n) is 3.19. The average molecular weight is 372 g/mol. The summed E-state index contributed by atoms with van der Waals surface area (Å²) in [5.74, 6) is 0. The SMILES string of the molecule is Cc1ccc(/C=N/NC(=O)Nc2nnc(-c3ccc(Cl)cc3)s2)cc1. The zero-order valence-corrected chi connectivity index (χ0v) is 14.8. The molecule has 6 nitrogen and oxygen atoms in total. The quantitative estimate of drug-likeness (QED) is 0.529. The Hall–Kier alpha value is -2.77. The van der Waals surface area contributed by atoms with Crippen LogP contribution < -0.4 is 10.7 Å². The van der Waals surface area contributed by atoms with Crippen LogP contribution in [-0.4, -0.2) is 22.4 Å². The van der Waals surface area contributed by atoms with Crippen molar-refractivity contribution in [3.8, 4) is 10.6 Å². The van der Waals surface area contributed by atoms with Crippen LogP contribution in [0.1, 0.15) is 11.1 Å². The van der Waals surface area contributed by atoms with Crippen LogP contribution in [0, 0.1) is 6.92 Å². The second kappa shape index (κ2) is 7.87. The Kier molecular flexibility index (Phi) is 5.37. The number of halogens is 1. The molecule has 3 aromatic rings. The molecule has 0 aliphatic carbocycles. The van der Waals surface area contributed by atoms with Gasteiger partial charge in [0.25, 0.3) is 0 Å². The van der Waals surface area contributed by atoms with Crippen molar-refractivity contribution in [1.29, 1.82) is 0 Å². The number of anilines is 1. The summed E-state index contributed by atoms with van der Waals surface area (Å²) in [5, 5.41) is 16.2. The largest absolute Gasteiger partial charge is 0.341 e. The first kappa shape index (κ1) is 17.1. The Morgan fingerprint density at radius 3 is 2.56 bits per heavy atom. The number of rotatable bonds is 4. The first-order valence-electron chi connectivity index (χ1n) is 7.36. The van der Waals surface area contributed by atoms with E-state index in [1.54, 1.807) is 18.3 Å². The lowest BCUT2D eigenvalue weighted by Gasteiger charge is -1.99. The molecule has 2 aromatic carbocycles. The Bertz CT molecular complexity index is 890. The van der Waals surface area contributed by atoms with Crippen LogP contribution in [0.4, 0.5) is 9.93 Å². The van der Waals surface area contributed by atoms with Gasteiger partial charge in [-0.15, -0.1) is 10.2 Å². The molecule has 3 rings (SSSR count). The number of carbonyl (C=O) groups excluding carboxylic acids is 1. The summed E-state index contributed by atoms with van der Waals surface area (Å²) in [4.78, 5) is 11.8. The summed E-state index contributed by atoms with van der Waals surface area (Å²) in [6.07, 6.45) is 1.57. The Labute approximate surface area is 153 Å². The van der Waals surface area contributed by atoms with Crippen molar-refractivity contribution < 1.29 is 4.79 Å². The van der Waals surface area contributed by atoms with Gasteiger partial charge in [0.2, 0.25) is 5.13 Å². The lowest BCUT2D eigenvalue weighted by molar-refractivity contribution is 0.252. The molecule has 1 aromatic heterocycles. The molecule has 0 atom stereocenters. The number of hydrazone groups is 1. The van der Waals surface area contributed by atoms with Crippen molar-refractivity contribution in [3.63, 3.8) is 0 Å². The number of carbonyl (C=O) groups is 1. The van der Waals surface area contributed by atoms with Crippen LogP contribution in [0.15, 0.2) is 53.6 Å². The van der Waals surface area contributed by atoms with E-state index >= 15 is 0 Å². The molecule has 0 unspecified atom stereocenters. The van der Waals surface area contributed by atoms with E-state index < -0.39 is 6.03 Å². The van der Waals surface area contributed by atoms with Gasteiger partial charge in [-0.1, -0.05) is 64.9 Å². The van der Waals surface area contributed by atoms with Crippen LogP contribution in [0.2, 0.25) is 5.02 Å². The molecular formula is C17H14ClN5OS. The number of aromatic nitrogens is 2. The number of hydrogen-bond acceptors (Lipinski definition) is 5. The molecule has 0 radical (unpaired) electrons. The number of urea groups is 1. The maximum atomic E-state index is 11.8. The van der Waals surface area contributed by atoms with Crippen LogP contribution in [0.25, 0.3) is 10.6 Å². The van der Waals surface area contributed by atoms with Crippen molar-refractivity contribution >= 4 is 40.3 Å². The molecule has 8 heteroatoms. The fraction of sp³-hybridized carbons (Fsp3) is 0.0588. The normalized spacial score (nSPS) is 10.8. The molecule has 0 aliphatic rings. The molecule has 0 saturated heterocycles. The number of nitrogens with zero attached hydrogens (tertiary/aromatic N) is 3. The van der Waals surface area contributed by atoms with Gasteiger partial charge in [0.1, 0.15) is 5.01 Å². The van der Waals surface area contributed by atoms with E-state index in [9.17, 15) is 4.79 Å². The van der Waals surface area contributed by atoms with E-state index in [0.717, 1.165) is 16.7 Å². The van der Waals surface area contributed by atoms with Crippen LogP contribution in [0.5, 0.6) is 0 Å². The fourth-order valence-corrected chi connectivity index (χ4v) is 2.80. The highest BCUT2D eigenvalue weighted by molar-refractivity contribution is 7.18. The summed E-state index contributed by atoms with van der Waals surface area (Å²) in [6.45, 7) is 2.01. The summed E-state index contributed by atoms with van der Waals surface area (Å²) in [5.41, 5.74) is 5.33. The van der Waals surface area contributed by atoms with Crippen molar-refractivity contribution in [2.24, 2.45) is 5.10 Å². The third kappa shape index (κ3) is 4.85. The highest BCUT2D eigenvalue weighted by Crippen LogP contribution is 2.27.